The second kappa shape index (κ2) is 6.54. The molecule has 0 saturated carbocycles. The number of benzene rings is 1. The molecule has 19 heavy (non-hydrogen) atoms. The second-order valence-electron chi connectivity index (χ2n) is 4.56. The van der Waals surface area contributed by atoms with Gasteiger partial charge in [-0.3, -0.25) is 4.79 Å². The van der Waals surface area contributed by atoms with Gasteiger partial charge in [0.1, 0.15) is 5.75 Å². The molecule has 1 heterocycles. The Bertz CT molecular complexity index is 419. The van der Waals surface area contributed by atoms with Crippen LogP contribution in [0.4, 0.5) is 5.69 Å². The fraction of sp³-hybridized carbons (Fsp3) is 0.500. The molecule has 1 unspecified atom stereocenters. The lowest BCUT2D eigenvalue weighted by molar-refractivity contribution is -0.120. The molecule has 0 bridgehead atoms. The second-order valence-corrected chi connectivity index (χ2v) is 4.56. The molecule has 5 heteroatoms. The molecule has 1 saturated heterocycles. The van der Waals surface area contributed by atoms with E-state index in [0.717, 1.165) is 24.4 Å². The zero-order valence-corrected chi connectivity index (χ0v) is 11.1. The summed E-state index contributed by atoms with van der Waals surface area (Å²) in [5, 5.41) is 12.2. The Morgan fingerprint density at radius 3 is 2.79 bits per heavy atom. The summed E-state index contributed by atoms with van der Waals surface area (Å²) in [6.45, 7) is 1.50. The van der Waals surface area contributed by atoms with Gasteiger partial charge in [0.2, 0.25) is 5.91 Å². The summed E-state index contributed by atoms with van der Waals surface area (Å²) in [6, 6.07) is 7.18. The fourth-order valence-electron chi connectivity index (χ4n) is 2.27. The Balaban J connectivity index is 2.17. The van der Waals surface area contributed by atoms with Crippen LogP contribution in [0.25, 0.3) is 0 Å². The Labute approximate surface area is 113 Å². The number of amides is 1. The third kappa shape index (κ3) is 3.24. The van der Waals surface area contributed by atoms with Crippen molar-refractivity contribution in [2.45, 2.75) is 18.9 Å². The standard InChI is InChI=1S/C14H20N2O3/c1-19-12-5-3-11(4-6-12)16-9-2-8-15-13(7-10-17)14(16)18/h3-6,13,15,17H,2,7-10H2,1H3. The molecular weight excluding hydrogens is 244 g/mol. The van der Waals surface area contributed by atoms with Crippen molar-refractivity contribution in [3.05, 3.63) is 24.3 Å². The van der Waals surface area contributed by atoms with Crippen LogP contribution < -0.4 is 15.0 Å². The van der Waals surface area contributed by atoms with E-state index in [4.69, 9.17) is 9.84 Å². The van der Waals surface area contributed by atoms with E-state index in [2.05, 4.69) is 5.32 Å². The Kier molecular flexibility index (Phi) is 4.76. The zero-order chi connectivity index (χ0) is 13.7. The highest BCUT2D eigenvalue weighted by Crippen LogP contribution is 2.21. The number of anilines is 1. The molecule has 1 aromatic rings. The van der Waals surface area contributed by atoms with Crippen LogP contribution in [-0.2, 0) is 4.79 Å². The molecule has 2 rings (SSSR count). The normalized spacial score (nSPS) is 20.2. The first-order chi connectivity index (χ1) is 9.26. The van der Waals surface area contributed by atoms with E-state index in [-0.39, 0.29) is 18.6 Å². The van der Waals surface area contributed by atoms with Gasteiger partial charge in [0, 0.05) is 18.8 Å². The molecule has 0 aliphatic carbocycles. The van der Waals surface area contributed by atoms with E-state index >= 15 is 0 Å². The highest BCUT2D eigenvalue weighted by molar-refractivity contribution is 5.97. The van der Waals surface area contributed by atoms with Crippen molar-refractivity contribution in [3.63, 3.8) is 0 Å². The van der Waals surface area contributed by atoms with Crippen molar-refractivity contribution < 1.29 is 14.6 Å². The van der Waals surface area contributed by atoms with Crippen LogP contribution in [0.15, 0.2) is 24.3 Å². The highest BCUT2D eigenvalue weighted by atomic mass is 16.5. The predicted molar refractivity (Wildman–Crippen MR) is 73.5 cm³/mol. The summed E-state index contributed by atoms with van der Waals surface area (Å²) in [5.41, 5.74) is 0.873. The maximum atomic E-state index is 12.4. The van der Waals surface area contributed by atoms with E-state index in [0.29, 0.717) is 13.0 Å². The topological polar surface area (TPSA) is 61.8 Å². The number of rotatable bonds is 4. The summed E-state index contributed by atoms with van der Waals surface area (Å²) in [4.78, 5) is 14.2. The number of carbonyl (C=O) groups excluding carboxylic acids is 1. The van der Waals surface area contributed by atoms with Crippen molar-refractivity contribution in [1.29, 1.82) is 0 Å². The lowest BCUT2D eigenvalue weighted by Gasteiger charge is -2.24. The number of ether oxygens (including phenoxy) is 1. The maximum Gasteiger partial charge on any atom is 0.244 e. The molecular formula is C14H20N2O3. The summed E-state index contributed by atoms with van der Waals surface area (Å²) >= 11 is 0. The minimum absolute atomic E-state index is 0.0137. The van der Waals surface area contributed by atoms with Crippen LogP contribution in [0.1, 0.15) is 12.8 Å². The van der Waals surface area contributed by atoms with Crippen molar-refractivity contribution in [1.82, 2.24) is 5.32 Å². The molecule has 2 N–H and O–H groups in total. The smallest absolute Gasteiger partial charge is 0.244 e. The molecule has 1 amide bonds. The van der Waals surface area contributed by atoms with E-state index in [9.17, 15) is 4.79 Å². The Morgan fingerprint density at radius 1 is 1.42 bits per heavy atom. The molecule has 5 nitrogen and oxygen atoms in total. The van der Waals surface area contributed by atoms with Gasteiger partial charge in [-0.05, 0) is 43.7 Å². The predicted octanol–water partition coefficient (Wildman–Crippen LogP) is 0.772. The van der Waals surface area contributed by atoms with Crippen LogP contribution in [0, 0.1) is 0 Å². The molecule has 1 aromatic carbocycles. The first-order valence-electron chi connectivity index (χ1n) is 6.56. The van der Waals surface area contributed by atoms with Gasteiger partial charge in [0.05, 0.1) is 13.2 Å². The molecule has 1 aliphatic rings. The number of hydrogen-bond acceptors (Lipinski definition) is 4. The molecule has 104 valence electrons. The molecule has 1 atom stereocenters. The zero-order valence-electron chi connectivity index (χ0n) is 11.1. The Hall–Kier alpha value is -1.59. The van der Waals surface area contributed by atoms with Gasteiger partial charge in [-0.25, -0.2) is 0 Å². The molecule has 0 spiro atoms. The van der Waals surface area contributed by atoms with Crippen LogP contribution in [0.2, 0.25) is 0 Å². The Morgan fingerprint density at radius 2 is 2.16 bits per heavy atom. The number of nitrogens with one attached hydrogen (secondary N) is 1. The van der Waals surface area contributed by atoms with Gasteiger partial charge < -0.3 is 20.1 Å². The lowest BCUT2D eigenvalue weighted by atomic mass is 10.1. The monoisotopic (exact) mass is 264 g/mol. The average molecular weight is 264 g/mol. The first kappa shape index (κ1) is 13.8. The van der Waals surface area contributed by atoms with Crippen LogP contribution >= 0.6 is 0 Å². The third-order valence-corrected chi connectivity index (χ3v) is 3.32. The number of hydrogen-bond donors (Lipinski definition) is 2. The largest absolute Gasteiger partial charge is 0.497 e. The average Bonchev–Trinajstić information content (AvgIpc) is 2.62. The highest BCUT2D eigenvalue weighted by Gasteiger charge is 2.26. The van der Waals surface area contributed by atoms with E-state index in [1.54, 1.807) is 12.0 Å². The summed E-state index contributed by atoms with van der Waals surface area (Å²) in [6.07, 6.45) is 1.35. The number of methoxy groups -OCH3 is 1. The third-order valence-electron chi connectivity index (χ3n) is 3.32. The quantitative estimate of drug-likeness (QED) is 0.843. The van der Waals surface area contributed by atoms with Crippen LogP contribution in [0.5, 0.6) is 5.75 Å². The van der Waals surface area contributed by atoms with Crippen molar-refractivity contribution in [2.24, 2.45) is 0 Å². The van der Waals surface area contributed by atoms with Crippen LogP contribution in [-0.4, -0.2) is 43.9 Å². The minimum Gasteiger partial charge on any atom is -0.497 e. The maximum absolute atomic E-state index is 12.4. The molecule has 0 aromatic heterocycles. The first-order valence-corrected chi connectivity index (χ1v) is 6.56. The lowest BCUT2D eigenvalue weighted by Crippen LogP contribution is -2.44. The van der Waals surface area contributed by atoms with E-state index < -0.39 is 0 Å². The molecule has 1 aliphatic heterocycles. The van der Waals surface area contributed by atoms with Gasteiger partial charge in [-0.15, -0.1) is 0 Å². The SMILES string of the molecule is COc1ccc(N2CCCNC(CCO)C2=O)cc1. The molecule has 0 radical (unpaired) electrons. The minimum atomic E-state index is -0.297. The summed E-state index contributed by atoms with van der Waals surface area (Å²) < 4.78 is 5.12. The molecule has 1 fully saturated rings. The summed E-state index contributed by atoms with van der Waals surface area (Å²) in [7, 11) is 1.62. The van der Waals surface area contributed by atoms with Gasteiger partial charge >= 0.3 is 0 Å². The number of aliphatic hydroxyl groups is 1. The van der Waals surface area contributed by atoms with Gasteiger partial charge in [0.15, 0.2) is 0 Å². The van der Waals surface area contributed by atoms with Crippen molar-refractivity contribution in [2.75, 3.05) is 31.7 Å². The number of aliphatic hydroxyl groups excluding tert-OH is 1. The summed E-state index contributed by atoms with van der Waals surface area (Å²) in [5.74, 6) is 0.799. The number of nitrogens with zero attached hydrogens (tertiary/aromatic N) is 1. The van der Waals surface area contributed by atoms with Gasteiger partial charge in [-0.2, -0.15) is 0 Å². The van der Waals surface area contributed by atoms with Gasteiger partial charge in [-0.1, -0.05) is 0 Å². The fourth-order valence-corrected chi connectivity index (χ4v) is 2.27. The van der Waals surface area contributed by atoms with Crippen molar-refractivity contribution in [3.8, 4) is 5.75 Å². The van der Waals surface area contributed by atoms with E-state index in [1.165, 1.54) is 0 Å². The van der Waals surface area contributed by atoms with Crippen molar-refractivity contribution >= 4 is 11.6 Å². The number of carbonyl (C=O) groups is 1. The van der Waals surface area contributed by atoms with Gasteiger partial charge in [0.25, 0.3) is 0 Å². The van der Waals surface area contributed by atoms with Crippen LogP contribution in [0.3, 0.4) is 0 Å². The van der Waals surface area contributed by atoms with E-state index in [1.807, 2.05) is 24.3 Å².